The molecule has 2 N–H and O–H groups in total. The van der Waals surface area contributed by atoms with Gasteiger partial charge in [-0.05, 0) is 23.8 Å². The maximum absolute atomic E-state index is 12.9. The van der Waals surface area contributed by atoms with Crippen molar-refractivity contribution >= 4 is 0 Å². The van der Waals surface area contributed by atoms with Crippen LogP contribution in [0.15, 0.2) is 18.2 Å². The van der Waals surface area contributed by atoms with E-state index in [0.29, 0.717) is 6.07 Å². The van der Waals surface area contributed by atoms with Gasteiger partial charge < -0.3 is 5.73 Å². The van der Waals surface area contributed by atoms with Gasteiger partial charge in [-0.1, -0.05) is 0 Å². The van der Waals surface area contributed by atoms with Gasteiger partial charge in [0.1, 0.15) is 5.82 Å². The quantitative estimate of drug-likeness (QED) is 0.797. The molecule has 86 valence electrons. The predicted octanol–water partition coefficient (Wildman–Crippen LogP) is 2.76. The molecule has 0 spiro atoms. The van der Waals surface area contributed by atoms with Gasteiger partial charge >= 0.3 is 6.18 Å². The fourth-order valence-corrected chi connectivity index (χ4v) is 1.21. The van der Waals surface area contributed by atoms with Crippen molar-refractivity contribution in [2.45, 2.75) is 18.6 Å². The van der Waals surface area contributed by atoms with Crippen molar-refractivity contribution in [2.24, 2.45) is 5.73 Å². The zero-order valence-electron chi connectivity index (χ0n) is 8.05. The van der Waals surface area contributed by atoms with Crippen molar-refractivity contribution in [2.75, 3.05) is 0 Å². The molecule has 0 heterocycles. The van der Waals surface area contributed by atoms with Crippen LogP contribution in [0, 0.1) is 17.1 Å². The molecule has 2 nitrogen and oxygen atoms in total. The molecular weight excluding hydrogens is 224 g/mol. The summed E-state index contributed by atoms with van der Waals surface area (Å²) in [7, 11) is 0. The molecule has 16 heavy (non-hydrogen) atoms. The number of hydrogen-bond acceptors (Lipinski definition) is 2. The maximum Gasteiger partial charge on any atom is 0.416 e. The zero-order valence-corrected chi connectivity index (χ0v) is 8.05. The normalized spacial score (nSPS) is 13.2. The highest BCUT2D eigenvalue weighted by Gasteiger charge is 2.31. The largest absolute Gasteiger partial charge is 0.416 e. The number of nitrogens with zero attached hydrogens (tertiary/aromatic N) is 1. The molecule has 0 aliphatic heterocycles. The van der Waals surface area contributed by atoms with E-state index in [1.165, 1.54) is 0 Å². The number of nitriles is 1. The van der Waals surface area contributed by atoms with Crippen molar-refractivity contribution < 1.29 is 17.6 Å². The highest BCUT2D eigenvalue weighted by molar-refractivity contribution is 5.29. The predicted molar refractivity (Wildman–Crippen MR) is 48.6 cm³/mol. The summed E-state index contributed by atoms with van der Waals surface area (Å²) in [5, 5.41) is 8.35. The van der Waals surface area contributed by atoms with Gasteiger partial charge in [-0.2, -0.15) is 18.4 Å². The Morgan fingerprint density at radius 2 is 1.94 bits per heavy atom. The fraction of sp³-hybridized carbons (Fsp3) is 0.300. The second kappa shape index (κ2) is 4.49. The van der Waals surface area contributed by atoms with Crippen molar-refractivity contribution in [3.8, 4) is 6.07 Å². The Bertz CT molecular complexity index is 420. The molecule has 0 saturated carbocycles. The first kappa shape index (κ1) is 12.5. The van der Waals surface area contributed by atoms with Crippen LogP contribution in [0.5, 0.6) is 0 Å². The minimum atomic E-state index is -4.62. The first-order valence-electron chi connectivity index (χ1n) is 4.35. The number of rotatable bonds is 2. The second-order valence-corrected chi connectivity index (χ2v) is 3.24. The Kier molecular flexibility index (Phi) is 3.50. The van der Waals surface area contributed by atoms with Gasteiger partial charge in [-0.3, -0.25) is 0 Å². The van der Waals surface area contributed by atoms with Crippen LogP contribution >= 0.6 is 0 Å². The zero-order chi connectivity index (χ0) is 12.3. The van der Waals surface area contributed by atoms with Crippen LogP contribution in [-0.4, -0.2) is 0 Å². The smallest absolute Gasteiger partial charge is 0.323 e. The van der Waals surface area contributed by atoms with E-state index in [9.17, 15) is 17.6 Å². The maximum atomic E-state index is 12.9. The molecule has 0 radical (unpaired) electrons. The summed E-state index contributed by atoms with van der Waals surface area (Å²) in [6.45, 7) is 0. The molecule has 1 aromatic rings. The lowest BCUT2D eigenvalue weighted by Crippen LogP contribution is -2.12. The molecule has 0 aliphatic rings. The van der Waals surface area contributed by atoms with Crippen LogP contribution in [0.1, 0.15) is 23.6 Å². The highest BCUT2D eigenvalue weighted by Crippen LogP contribution is 2.31. The summed E-state index contributed by atoms with van der Waals surface area (Å²) in [5.41, 5.74) is 4.30. The lowest BCUT2D eigenvalue weighted by Gasteiger charge is -2.12. The molecule has 0 fully saturated rings. The summed E-state index contributed by atoms with van der Waals surface area (Å²) < 4.78 is 49.9. The third kappa shape index (κ3) is 2.94. The average Bonchev–Trinajstić information content (AvgIpc) is 2.16. The van der Waals surface area contributed by atoms with Crippen LogP contribution in [0.25, 0.3) is 0 Å². The summed E-state index contributed by atoms with van der Waals surface area (Å²) in [4.78, 5) is 0. The first-order valence-corrected chi connectivity index (χ1v) is 4.35. The van der Waals surface area contributed by atoms with Gasteiger partial charge in [0, 0.05) is 6.04 Å². The number of halogens is 4. The Morgan fingerprint density at radius 3 is 2.44 bits per heavy atom. The molecule has 0 aliphatic carbocycles. The molecule has 0 saturated heterocycles. The van der Waals surface area contributed by atoms with Crippen molar-refractivity contribution in [1.29, 1.82) is 5.26 Å². The van der Waals surface area contributed by atoms with E-state index in [0.717, 1.165) is 12.1 Å². The molecule has 0 bridgehead atoms. The molecule has 6 heteroatoms. The number of nitrogens with two attached hydrogens (primary N) is 1. The topological polar surface area (TPSA) is 49.8 Å². The summed E-state index contributed by atoms with van der Waals surface area (Å²) in [5.74, 6) is -1.02. The summed E-state index contributed by atoms with van der Waals surface area (Å²) in [6, 6.07) is 2.85. The standard InChI is InChI=1S/C10H8F4N2/c11-8-4-6(9(16)1-2-15)3-7(5-8)10(12,13)14/h3-5,9H,1,16H2. The molecule has 1 unspecified atom stereocenters. The minimum Gasteiger partial charge on any atom is -0.323 e. The highest BCUT2D eigenvalue weighted by atomic mass is 19.4. The molecule has 0 amide bonds. The van der Waals surface area contributed by atoms with Crippen LogP contribution in [-0.2, 0) is 6.18 Å². The Hall–Kier alpha value is -1.61. The molecule has 0 aromatic heterocycles. The lowest BCUT2D eigenvalue weighted by molar-refractivity contribution is -0.137. The van der Waals surface area contributed by atoms with Gasteiger partial charge in [0.2, 0.25) is 0 Å². The monoisotopic (exact) mass is 232 g/mol. The Morgan fingerprint density at radius 1 is 1.31 bits per heavy atom. The molecular formula is C10H8F4N2. The fourth-order valence-electron chi connectivity index (χ4n) is 1.21. The number of alkyl halides is 3. The Labute approximate surface area is 89.3 Å². The van der Waals surface area contributed by atoms with Gasteiger partial charge in [0.25, 0.3) is 0 Å². The van der Waals surface area contributed by atoms with E-state index in [4.69, 9.17) is 11.0 Å². The van der Waals surface area contributed by atoms with Crippen molar-refractivity contribution in [1.82, 2.24) is 0 Å². The Balaban J connectivity index is 3.14. The average molecular weight is 232 g/mol. The van der Waals surface area contributed by atoms with Gasteiger partial charge in [0.05, 0.1) is 18.1 Å². The summed E-state index contributed by atoms with van der Waals surface area (Å²) in [6.07, 6.45) is -4.79. The van der Waals surface area contributed by atoms with Gasteiger partial charge in [-0.25, -0.2) is 4.39 Å². The third-order valence-corrected chi connectivity index (χ3v) is 1.99. The number of hydrogen-bond donors (Lipinski definition) is 1. The van der Waals surface area contributed by atoms with E-state index in [1.54, 1.807) is 6.07 Å². The first-order chi connectivity index (χ1) is 7.34. The molecule has 1 aromatic carbocycles. The van der Waals surface area contributed by atoms with E-state index in [2.05, 4.69) is 0 Å². The molecule has 1 atom stereocenters. The van der Waals surface area contributed by atoms with E-state index in [1.807, 2.05) is 0 Å². The van der Waals surface area contributed by atoms with E-state index >= 15 is 0 Å². The van der Waals surface area contributed by atoms with E-state index in [-0.39, 0.29) is 12.0 Å². The van der Waals surface area contributed by atoms with Crippen LogP contribution in [0.4, 0.5) is 17.6 Å². The minimum absolute atomic E-state index is 0.0334. The van der Waals surface area contributed by atoms with Gasteiger partial charge in [-0.15, -0.1) is 0 Å². The van der Waals surface area contributed by atoms with Crippen LogP contribution in [0.2, 0.25) is 0 Å². The van der Waals surface area contributed by atoms with Crippen molar-refractivity contribution in [3.63, 3.8) is 0 Å². The van der Waals surface area contributed by atoms with E-state index < -0.39 is 23.6 Å². The van der Waals surface area contributed by atoms with Gasteiger partial charge in [0.15, 0.2) is 0 Å². The van der Waals surface area contributed by atoms with Crippen LogP contribution < -0.4 is 5.73 Å². The number of benzene rings is 1. The summed E-state index contributed by atoms with van der Waals surface area (Å²) >= 11 is 0. The molecule has 1 rings (SSSR count). The third-order valence-electron chi connectivity index (χ3n) is 1.99. The van der Waals surface area contributed by atoms with Crippen molar-refractivity contribution in [3.05, 3.63) is 35.1 Å². The van der Waals surface area contributed by atoms with Crippen LogP contribution in [0.3, 0.4) is 0 Å². The second-order valence-electron chi connectivity index (χ2n) is 3.24. The SMILES string of the molecule is N#CCC(N)c1cc(F)cc(C(F)(F)F)c1. The lowest BCUT2D eigenvalue weighted by atomic mass is 10.0.